The van der Waals surface area contributed by atoms with Crippen molar-refractivity contribution in [1.82, 2.24) is 4.90 Å². The highest BCUT2D eigenvalue weighted by Gasteiger charge is 2.33. The maximum absolute atomic E-state index is 12.3. The van der Waals surface area contributed by atoms with Crippen LogP contribution in [-0.4, -0.2) is 23.9 Å². The Balaban J connectivity index is 1.88. The second-order valence-corrected chi connectivity index (χ2v) is 5.77. The largest absolute Gasteiger partial charge is 0.336 e. The molecule has 1 aliphatic heterocycles. The quantitative estimate of drug-likeness (QED) is 0.476. The molecule has 2 aromatic carbocycles. The lowest BCUT2D eigenvalue weighted by Gasteiger charge is -2.26. The van der Waals surface area contributed by atoms with Gasteiger partial charge in [0.1, 0.15) is 0 Å². The van der Waals surface area contributed by atoms with Crippen LogP contribution in [0.25, 0.3) is 21.2 Å². The summed E-state index contributed by atoms with van der Waals surface area (Å²) in [6.45, 7) is 3.11. The average molecular weight is 294 g/mol. The Kier molecular flexibility index (Phi) is 3.98. The molecule has 112 valence electrons. The second-order valence-electron chi connectivity index (χ2n) is 5.77. The Morgan fingerprint density at radius 2 is 2.09 bits per heavy atom. The summed E-state index contributed by atoms with van der Waals surface area (Å²) in [7, 11) is 0. The number of azide groups is 1. The molecule has 2 unspecified atom stereocenters. The molecule has 0 N–H and O–H groups in total. The number of likely N-dealkylation sites (tertiary alicyclic amines) is 1. The molecule has 1 heterocycles. The van der Waals surface area contributed by atoms with Crippen LogP contribution in [0, 0.1) is 5.92 Å². The van der Waals surface area contributed by atoms with E-state index in [1.165, 1.54) is 10.8 Å². The molecule has 3 rings (SSSR count). The molecule has 1 amide bonds. The third-order valence-electron chi connectivity index (χ3n) is 4.38. The van der Waals surface area contributed by atoms with E-state index in [9.17, 15) is 4.79 Å². The predicted octanol–water partition coefficient (Wildman–Crippen LogP) is 4.06. The first-order valence-corrected chi connectivity index (χ1v) is 7.48. The van der Waals surface area contributed by atoms with Gasteiger partial charge in [0.25, 0.3) is 0 Å². The lowest BCUT2D eigenvalue weighted by Crippen LogP contribution is -2.28. The van der Waals surface area contributed by atoms with Crippen LogP contribution in [0.2, 0.25) is 0 Å². The number of rotatable bonds is 4. The highest BCUT2D eigenvalue weighted by atomic mass is 16.2. The second kappa shape index (κ2) is 6.08. The summed E-state index contributed by atoms with van der Waals surface area (Å²) in [5, 5.41) is 5.97. The molecule has 0 saturated carbocycles. The number of nitrogens with zero attached hydrogens (tertiary/aromatic N) is 4. The highest BCUT2D eigenvalue weighted by molar-refractivity contribution is 5.87. The zero-order valence-corrected chi connectivity index (χ0v) is 12.5. The summed E-state index contributed by atoms with van der Waals surface area (Å²) in [5.74, 6) is 0.263. The summed E-state index contributed by atoms with van der Waals surface area (Å²) >= 11 is 0. The minimum atomic E-state index is 0.0228. The fraction of sp³-hybridized carbons (Fsp3) is 0.353. The van der Waals surface area contributed by atoms with Gasteiger partial charge in [-0.15, -0.1) is 0 Å². The number of fused-ring (bicyclic) bond motifs is 1. The number of benzene rings is 2. The van der Waals surface area contributed by atoms with Crippen molar-refractivity contribution < 1.29 is 4.79 Å². The van der Waals surface area contributed by atoms with E-state index in [2.05, 4.69) is 41.2 Å². The molecule has 1 saturated heterocycles. The summed E-state index contributed by atoms with van der Waals surface area (Å²) in [6.07, 6.45) is 0.466. The van der Waals surface area contributed by atoms with Gasteiger partial charge in [0, 0.05) is 24.4 Å². The Bertz CT molecular complexity index is 746. The van der Waals surface area contributed by atoms with Crippen molar-refractivity contribution in [2.75, 3.05) is 13.1 Å². The van der Waals surface area contributed by atoms with Crippen LogP contribution in [-0.2, 0) is 4.79 Å². The van der Waals surface area contributed by atoms with Crippen LogP contribution >= 0.6 is 0 Å². The van der Waals surface area contributed by atoms with Gasteiger partial charge in [-0.3, -0.25) is 4.79 Å². The molecule has 0 aliphatic carbocycles. The lowest BCUT2D eigenvalue weighted by molar-refractivity contribution is -0.129. The van der Waals surface area contributed by atoms with E-state index in [0.29, 0.717) is 19.5 Å². The molecular formula is C17H18N4O. The van der Waals surface area contributed by atoms with Crippen LogP contribution < -0.4 is 0 Å². The Labute approximate surface area is 129 Å². The van der Waals surface area contributed by atoms with Gasteiger partial charge in [-0.2, -0.15) is 0 Å². The summed E-state index contributed by atoms with van der Waals surface area (Å²) in [5.41, 5.74) is 9.59. The van der Waals surface area contributed by atoms with Crippen molar-refractivity contribution in [3.63, 3.8) is 0 Å². The molecule has 2 atom stereocenters. The normalized spacial score (nSPS) is 19.2. The van der Waals surface area contributed by atoms with Crippen LogP contribution in [0.4, 0.5) is 0 Å². The van der Waals surface area contributed by atoms with Gasteiger partial charge < -0.3 is 4.90 Å². The van der Waals surface area contributed by atoms with Crippen molar-refractivity contribution in [1.29, 1.82) is 0 Å². The Hall–Kier alpha value is -2.52. The molecule has 1 fully saturated rings. The van der Waals surface area contributed by atoms with Crippen molar-refractivity contribution in [3.8, 4) is 0 Å². The van der Waals surface area contributed by atoms with Gasteiger partial charge in [0.05, 0.1) is 6.04 Å². The standard InChI is InChI=1S/C17H18N4O/c1-12(21-11-13(9-17(21)22)10-19-20-18)15-8-4-6-14-5-2-3-7-16(14)15/h2-8,12-13H,9-11H2,1H3. The maximum Gasteiger partial charge on any atom is 0.223 e. The predicted molar refractivity (Wildman–Crippen MR) is 86.2 cm³/mol. The number of carbonyl (C=O) groups excluding carboxylic acids is 1. The molecule has 22 heavy (non-hydrogen) atoms. The van der Waals surface area contributed by atoms with Gasteiger partial charge >= 0.3 is 0 Å². The lowest BCUT2D eigenvalue weighted by atomic mass is 9.99. The van der Waals surface area contributed by atoms with Gasteiger partial charge in [0.2, 0.25) is 5.91 Å². The van der Waals surface area contributed by atoms with Crippen LogP contribution in [0.5, 0.6) is 0 Å². The summed E-state index contributed by atoms with van der Waals surface area (Å²) in [4.78, 5) is 17.0. The topological polar surface area (TPSA) is 69.1 Å². The molecule has 1 aliphatic rings. The molecule has 0 aromatic heterocycles. The molecule has 5 heteroatoms. The van der Waals surface area contributed by atoms with E-state index in [4.69, 9.17) is 5.53 Å². The number of amides is 1. The Morgan fingerprint density at radius 3 is 2.91 bits per heavy atom. The fourth-order valence-corrected chi connectivity index (χ4v) is 3.24. The van der Waals surface area contributed by atoms with E-state index < -0.39 is 0 Å². The molecule has 0 bridgehead atoms. The van der Waals surface area contributed by atoms with E-state index in [-0.39, 0.29) is 17.9 Å². The van der Waals surface area contributed by atoms with Crippen LogP contribution in [0.15, 0.2) is 47.6 Å². The summed E-state index contributed by atoms with van der Waals surface area (Å²) < 4.78 is 0. The van der Waals surface area contributed by atoms with E-state index >= 15 is 0 Å². The first-order valence-electron chi connectivity index (χ1n) is 7.48. The monoisotopic (exact) mass is 294 g/mol. The van der Waals surface area contributed by atoms with Gasteiger partial charge in [-0.05, 0) is 34.7 Å². The fourth-order valence-electron chi connectivity index (χ4n) is 3.24. The number of hydrogen-bond acceptors (Lipinski definition) is 2. The highest BCUT2D eigenvalue weighted by Crippen LogP contribution is 2.32. The van der Waals surface area contributed by atoms with E-state index in [1.807, 2.05) is 23.1 Å². The van der Waals surface area contributed by atoms with Gasteiger partial charge in [0.15, 0.2) is 0 Å². The zero-order valence-electron chi connectivity index (χ0n) is 12.5. The van der Waals surface area contributed by atoms with Crippen molar-refractivity contribution in [2.45, 2.75) is 19.4 Å². The van der Waals surface area contributed by atoms with Gasteiger partial charge in [-0.25, -0.2) is 0 Å². The molecule has 2 aromatic rings. The van der Waals surface area contributed by atoms with Crippen molar-refractivity contribution >= 4 is 16.7 Å². The van der Waals surface area contributed by atoms with Crippen molar-refractivity contribution in [2.24, 2.45) is 11.0 Å². The van der Waals surface area contributed by atoms with Crippen LogP contribution in [0.3, 0.4) is 0 Å². The average Bonchev–Trinajstić information content (AvgIpc) is 2.92. The van der Waals surface area contributed by atoms with Crippen LogP contribution in [0.1, 0.15) is 24.9 Å². The molecular weight excluding hydrogens is 276 g/mol. The molecule has 0 radical (unpaired) electrons. The minimum Gasteiger partial charge on any atom is -0.336 e. The minimum absolute atomic E-state index is 0.0228. The summed E-state index contributed by atoms with van der Waals surface area (Å²) in [6, 6.07) is 14.5. The smallest absolute Gasteiger partial charge is 0.223 e. The number of hydrogen-bond donors (Lipinski definition) is 0. The van der Waals surface area contributed by atoms with Gasteiger partial charge in [-0.1, -0.05) is 47.6 Å². The van der Waals surface area contributed by atoms with E-state index in [0.717, 1.165) is 5.56 Å². The maximum atomic E-state index is 12.3. The third kappa shape index (κ3) is 2.63. The van der Waals surface area contributed by atoms with Crippen molar-refractivity contribution in [3.05, 3.63) is 58.5 Å². The first kappa shape index (κ1) is 14.4. The molecule has 0 spiro atoms. The number of carbonyl (C=O) groups is 1. The molecule has 5 nitrogen and oxygen atoms in total. The third-order valence-corrected chi connectivity index (χ3v) is 4.38. The first-order chi connectivity index (χ1) is 10.7. The zero-order chi connectivity index (χ0) is 15.5. The van der Waals surface area contributed by atoms with E-state index in [1.54, 1.807) is 0 Å². The SMILES string of the molecule is CC(c1cccc2ccccc12)N1CC(CN=[N+]=[N-])CC1=O. The Morgan fingerprint density at radius 1 is 1.32 bits per heavy atom.